The van der Waals surface area contributed by atoms with Gasteiger partial charge in [0, 0.05) is 25.0 Å². The van der Waals surface area contributed by atoms with Gasteiger partial charge in [0.2, 0.25) is 5.91 Å². The summed E-state index contributed by atoms with van der Waals surface area (Å²) in [5, 5.41) is 0. The summed E-state index contributed by atoms with van der Waals surface area (Å²) in [7, 11) is 0. The zero-order chi connectivity index (χ0) is 13.4. The van der Waals surface area contributed by atoms with E-state index in [1.807, 2.05) is 6.92 Å². The zero-order valence-corrected chi connectivity index (χ0v) is 12.2. The molecule has 2 unspecified atom stereocenters. The Morgan fingerprint density at radius 3 is 2.72 bits per heavy atom. The van der Waals surface area contributed by atoms with E-state index in [1.54, 1.807) is 0 Å². The number of unbranched alkanes of at least 4 members (excludes halogenated alkanes) is 4. The number of nitrogens with zero attached hydrogens (tertiary/aromatic N) is 1. The van der Waals surface area contributed by atoms with E-state index >= 15 is 0 Å². The van der Waals surface area contributed by atoms with Crippen molar-refractivity contribution < 1.29 is 4.79 Å². The van der Waals surface area contributed by atoms with Crippen molar-refractivity contribution in [2.24, 2.45) is 5.73 Å². The number of rotatable bonds is 8. The molecule has 3 heteroatoms. The van der Waals surface area contributed by atoms with Crippen LogP contribution in [0.3, 0.4) is 0 Å². The van der Waals surface area contributed by atoms with Crippen molar-refractivity contribution in [2.45, 2.75) is 83.7 Å². The maximum Gasteiger partial charge on any atom is 0.222 e. The first-order chi connectivity index (χ1) is 8.65. The van der Waals surface area contributed by atoms with Crippen LogP contribution < -0.4 is 5.73 Å². The van der Waals surface area contributed by atoms with Crippen LogP contribution in [-0.2, 0) is 4.79 Å². The van der Waals surface area contributed by atoms with Crippen molar-refractivity contribution in [1.82, 2.24) is 4.90 Å². The average Bonchev–Trinajstić information content (AvgIpc) is 2.76. The molecular weight excluding hydrogens is 224 g/mol. The van der Waals surface area contributed by atoms with Crippen LogP contribution in [0.2, 0.25) is 0 Å². The highest BCUT2D eigenvalue weighted by molar-refractivity contribution is 5.76. The molecule has 0 aromatic carbocycles. The minimum absolute atomic E-state index is 0.202. The van der Waals surface area contributed by atoms with Crippen LogP contribution in [-0.4, -0.2) is 29.4 Å². The fraction of sp³-hybridized carbons (Fsp3) is 0.933. The second kappa shape index (κ2) is 8.52. The number of carbonyl (C=O) groups excluding carboxylic acids is 1. The smallest absolute Gasteiger partial charge is 0.222 e. The summed E-state index contributed by atoms with van der Waals surface area (Å²) in [4.78, 5) is 14.2. The van der Waals surface area contributed by atoms with Crippen molar-refractivity contribution in [1.29, 1.82) is 0 Å². The van der Waals surface area contributed by atoms with Crippen LogP contribution in [0, 0.1) is 0 Å². The molecule has 0 radical (unpaired) electrons. The molecular formula is C15H30N2O. The molecule has 0 saturated carbocycles. The van der Waals surface area contributed by atoms with Crippen molar-refractivity contribution in [3.05, 3.63) is 0 Å². The Morgan fingerprint density at radius 2 is 2.06 bits per heavy atom. The quantitative estimate of drug-likeness (QED) is 0.677. The fourth-order valence-corrected chi connectivity index (χ4v) is 2.86. The summed E-state index contributed by atoms with van der Waals surface area (Å²) >= 11 is 0. The standard InChI is InChI=1S/C15H30N2O/c1-3-4-5-6-7-10-15(18)17-11-8-9-14(17)12-13(2)16/h13-14H,3-12,16H2,1-2H3. The highest BCUT2D eigenvalue weighted by Gasteiger charge is 2.28. The van der Waals surface area contributed by atoms with E-state index in [-0.39, 0.29) is 6.04 Å². The van der Waals surface area contributed by atoms with E-state index in [1.165, 1.54) is 25.7 Å². The summed E-state index contributed by atoms with van der Waals surface area (Å²) in [6, 6.07) is 0.612. The summed E-state index contributed by atoms with van der Waals surface area (Å²) in [5.74, 6) is 0.356. The Kier molecular flexibility index (Phi) is 7.33. The summed E-state index contributed by atoms with van der Waals surface area (Å²) in [6.45, 7) is 5.20. The molecule has 1 rings (SSSR count). The summed E-state index contributed by atoms with van der Waals surface area (Å²) in [5.41, 5.74) is 5.85. The fourth-order valence-electron chi connectivity index (χ4n) is 2.86. The molecule has 3 nitrogen and oxygen atoms in total. The van der Waals surface area contributed by atoms with E-state index in [4.69, 9.17) is 5.73 Å². The minimum Gasteiger partial charge on any atom is -0.340 e. The lowest BCUT2D eigenvalue weighted by atomic mass is 10.1. The summed E-state index contributed by atoms with van der Waals surface area (Å²) < 4.78 is 0. The van der Waals surface area contributed by atoms with E-state index in [0.717, 1.165) is 38.6 Å². The van der Waals surface area contributed by atoms with Gasteiger partial charge in [-0.3, -0.25) is 4.79 Å². The van der Waals surface area contributed by atoms with Gasteiger partial charge in [-0.05, 0) is 32.6 Å². The summed E-state index contributed by atoms with van der Waals surface area (Å²) in [6.07, 6.45) is 10.1. The van der Waals surface area contributed by atoms with Crippen molar-refractivity contribution >= 4 is 5.91 Å². The Balaban J connectivity index is 2.23. The van der Waals surface area contributed by atoms with Crippen LogP contribution in [0.15, 0.2) is 0 Å². The van der Waals surface area contributed by atoms with E-state index in [9.17, 15) is 4.79 Å². The minimum atomic E-state index is 0.202. The monoisotopic (exact) mass is 254 g/mol. The molecule has 1 aliphatic heterocycles. The average molecular weight is 254 g/mol. The predicted octanol–water partition coefficient (Wildman–Crippen LogP) is 3.08. The molecule has 106 valence electrons. The topological polar surface area (TPSA) is 46.3 Å². The number of carbonyl (C=O) groups is 1. The van der Waals surface area contributed by atoms with Gasteiger partial charge in [-0.15, -0.1) is 0 Å². The maximum atomic E-state index is 12.2. The van der Waals surface area contributed by atoms with Gasteiger partial charge in [0.05, 0.1) is 0 Å². The molecule has 0 spiro atoms. The molecule has 1 saturated heterocycles. The van der Waals surface area contributed by atoms with Gasteiger partial charge in [0.1, 0.15) is 0 Å². The number of amides is 1. The Morgan fingerprint density at radius 1 is 1.33 bits per heavy atom. The number of likely N-dealkylation sites (tertiary alicyclic amines) is 1. The van der Waals surface area contributed by atoms with Crippen LogP contribution in [0.5, 0.6) is 0 Å². The van der Waals surface area contributed by atoms with Crippen LogP contribution in [0.4, 0.5) is 0 Å². The molecule has 1 aliphatic rings. The molecule has 0 aromatic heterocycles. The van der Waals surface area contributed by atoms with Gasteiger partial charge in [0.25, 0.3) is 0 Å². The van der Waals surface area contributed by atoms with Gasteiger partial charge in [-0.1, -0.05) is 32.6 Å². The molecule has 0 bridgehead atoms. The van der Waals surface area contributed by atoms with Crippen LogP contribution in [0.1, 0.15) is 71.6 Å². The molecule has 1 heterocycles. The molecule has 1 amide bonds. The SMILES string of the molecule is CCCCCCCC(=O)N1CCCC1CC(C)N. The van der Waals surface area contributed by atoms with E-state index in [2.05, 4.69) is 11.8 Å². The lowest BCUT2D eigenvalue weighted by Gasteiger charge is -2.26. The lowest BCUT2D eigenvalue weighted by molar-refractivity contribution is -0.132. The first kappa shape index (κ1) is 15.5. The Labute approximate surface area is 112 Å². The maximum absolute atomic E-state index is 12.2. The molecule has 0 aromatic rings. The molecule has 2 atom stereocenters. The molecule has 2 N–H and O–H groups in total. The number of nitrogens with two attached hydrogens (primary N) is 1. The van der Waals surface area contributed by atoms with Gasteiger partial charge in [0.15, 0.2) is 0 Å². The Hall–Kier alpha value is -0.570. The zero-order valence-electron chi connectivity index (χ0n) is 12.2. The van der Waals surface area contributed by atoms with Crippen molar-refractivity contribution in [3.63, 3.8) is 0 Å². The van der Waals surface area contributed by atoms with E-state index in [0.29, 0.717) is 11.9 Å². The third-order valence-corrected chi connectivity index (χ3v) is 3.84. The molecule has 18 heavy (non-hydrogen) atoms. The third-order valence-electron chi connectivity index (χ3n) is 3.84. The van der Waals surface area contributed by atoms with Crippen molar-refractivity contribution in [3.8, 4) is 0 Å². The predicted molar refractivity (Wildman–Crippen MR) is 76.4 cm³/mol. The first-order valence-corrected chi connectivity index (χ1v) is 7.70. The van der Waals surface area contributed by atoms with E-state index < -0.39 is 0 Å². The van der Waals surface area contributed by atoms with Gasteiger partial charge in [-0.2, -0.15) is 0 Å². The van der Waals surface area contributed by atoms with Crippen LogP contribution in [0.25, 0.3) is 0 Å². The second-order valence-electron chi connectivity index (χ2n) is 5.76. The number of hydrogen-bond donors (Lipinski definition) is 1. The van der Waals surface area contributed by atoms with Crippen molar-refractivity contribution in [2.75, 3.05) is 6.54 Å². The molecule has 1 fully saturated rings. The third kappa shape index (κ3) is 5.38. The number of hydrogen-bond acceptors (Lipinski definition) is 2. The van der Waals surface area contributed by atoms with Gasteiger partial charge < -0.3 is 10.6 Å². The van der Waals surface area contributed by atoms with Gasteiger partial charge in [-0.25, -0.2) is 0 Å². The highest BCUT2D eigenvalue weighted by atomic mass is 16.2. The Bertz CT molecular complexity index is 241. The van der Waals surface area contributed by atoms with Crippen LogP contribution >= 0.6 is 0 Å². The molecule has 0 aliphatic carbocycles. The van der Waals surface area contributed by atoms with Gasteiger partial charge >= 0.3 is 0 Å². The highest BCUT2D eigenvalue weighted by Crippen LogP contribution is 2.22. The lowest BCUT2D eigenvalue weighted by Crippen LogP contribution is -2.38. The first-order valence-electron chi connectivity index (χ1n) is 7.70. The normalized spacial score (nSPS) is 21.3. The second-order valence-corrected chi connectivity index (χ2v) is 5.76. The largest absolute Gasteiger partial charge is 0.340 e.